The predicted octanol–water partition coefficient (Wildman–Crippen LogP) is 4.25. The van der Waals surface area contributed by atoms with Gasteiger partial charge in [-0.15, -0.1) is 0 Å². The number of allylic oxidation sites excluding steroid dienone is 8. The minimum absolute atomic E-state index is 0.733. The molecule has 0 radical (unpaired) electrons. The molecular formula is C26H25N5. The minimum Gasteiger partial charge on any atom is -0.357 e. The molecule has 0 spiro atoms. The van der Waals surface area contributed by atoms with E-state index in [0.717, 1.165) is 56.5 Å². The second kappa shape index (κ2) is 8.79. The zero-order chi connectivity index (χ0) is 21.8. The first-order valence-corrected chi connectivity index (χ1v) is 10.2. The van der Waals surface area contributed by atoms with Crippen LogP contribution >= 0.6 is 0 Å². The van der Waals surface area contributed by atoms with Crippen LogP contribution in [0, 0.1) is 6.92 Å². The van der Waals surface area contributed by atoms with Gasteiger partial charge in [0.2, 0.25) is 0 Å². The lowest BCUT2D eigenvalue weighted by atomic mass is 9.98. The number of nitrogens with one attached hydrogen (secondary N) is 2. The average molecular weight is 408 g/mol. The first-order chi connectivity index (χ1) is 15.1. The number of aryl methyl sites for hydroxylation is 1. The maximum atomic E-state index is 4.60. The van der Waals surface area contributed by atoms with Gasteiger partial charge in [-0.3, -0.25) is 15.1 Å². The molecule has 0 atom stereocenters. The van der Waals surface area contributed by atoms with Gasteiger partial charge in [-0.05, 0) is 49.1 Å². The number of aromatic nitrogens is 5. The van der Waals surface area contributed by atoms with E-state index in [1.165, 1.54) is 5.57 Å². The number of aromatic amines is 2. The maximum Gasteiger partial charge on any atom is 0.116 e. The van der Waals surface area contributed by atoms with Crippen molar-refractivity contribution < 1.29 is 0 Å². The molecule has 3 heterocycles. The minimum atomic E-state index is 0.733. The fourth-order valence-corrected chi connectivity index (χ4v) is 3.73. The molecule has 5 nitrogen and oxygen atoms in total. The van der Waals surface area contributed by atoms with E-state index in [4.69, 9.17) is 0 Å². The summed E-state index contributed by atoms with van der Waals surface area (Å²) in [4.78, 5) is 12.0. The van der Waals surface area contributed by atoms with E-state index in [2.05, 4.69) is 75.6 Å². The van der Waals surface area contributed by atoms with Crippen molar-refractivity contribution in [2.24, 2.45) is 0 Å². The molecule has 31 heavy (non-hydrogen) atoms. The van der Waals surface area contributed by atoms with E-state index >= 15 is 0 Å². The Morgan fingerprint density at radius 3 is 2.81 bits per heavy atom. The Balaban J connectivity index is 1.83. The van der Waals surface area contributed by atoms with Crippen LogP contribution in [0.1, 0.15) is 30.3 Å². The molecule has 154 valence electrons. The van der Waals surface area contributed by atoms with Crippen molar-refractivity contribution in [3.05, 3.63) is 101 Å². The Morgan fingerprint density at radius 2 is 2.13 bits per heavy atom. The summed E-state index contributed by atoms with van der Waals surface area (Å²) >= 11 is 0. The third-order valence-electron chi connectivity index (χ3n) is 5.26. The normalized spacial score (nSPS) is 14.9. The zero-order valence-electron chi connectivity index (χ0n) is 17.8. The maximum absolute atomic E-state index is 4.60. The van der Waals surface area contributed by atoms with Crippen molar-refractivity contribution in [1.29, 1.82) is 0 Å². The Hall–Kier alpha value is -3.99. The van der Waals surface area contributed by atoms with E-state index in [1.54, 1.807) is 18.6 Å². The quantitative estimate of drug-likeness (QED) is 0.600. The summed E-state index contributed by atoms with van der Waals surface area (Å²) < 4.78 is 0. The van der Waals surface area contributed by atoms with E-state index in [1.807, 2.05) is 25.2 Å². The molecule has 5 heteroatoms. The summed E-state index contributed by atoms with van der Waals surface area (Å²) in [5.41, 5.74) is 7.85. The number of rotatable bonds is 6. The SMILES string of the molecule is C=C/C=C(/C1=CCC=C1)c1cc(-c2n[nH]c(=C/C)/c2=C\C(=C)c2cnccn2)[nH]c1C. The number of nitrogens with zero attached hydrogens (tertiary/aromatic N) is 3. The highest BCUT2D eigenvalue weighted by molar-refractivity contribution is 5.88. The van der Waals surface area contributed by atoms with Crippen LogP contribution < -0.4 is 10.6 Å². The van der Waals surface area contributed by atoms with E-state index in [-0.39, 0.29) is 0 Å². The topological polar surface area (TPSA) is 70.2 Å². The van der Waals surface area contributed by atoms with Crippen molar-refractivity contribution in [2.45, 2.75) is 20.3 Å². The van der Waals surface area contributed by atoms with Gasteiger partial charge < -0.3 is 4.98 Å². The summed E-state index contributed by atoms with van der Waals surface area (Å²) in [6, 6.07) is 2.15. The fourth-order valence-electron chi connectivity index (χ4n) is 3.73. The first-order valence-electron chi connectivity index (χ1n) is 10.2. The van der Waals surface area contributed by atoms with Gasteiger partial charge in [0.25, 0.3) is 0 Å². The Kier molecular flexibility index (Phi) is 5.76. The van der Waals surface area contributed by atoms with Crippen LogP contribution in [0.4, 0.5) is 0 Å². The van der Waals surface area contributed by atoms with Crippen molar-refractivity contribution >= 4 is 23.3 Å². The molecule has 0 saturated carbocycles. The van der Waals surface area contributed by atoms with Gasteiger partial charge in [0.05, 0.1) is 22.9 Å². The van der Waals surface area contributed by atoms with Gasteiger partial charge in [-0.1, -0.05) is 49.6 Å². The summed E-state index contributed by atoms with van der Waals surface area (Å²) in [5, 5.41) is 9.61. The summed E-state index contributed by atoms with van der Waals surface area (Å²) in [6.45, 7) is 12.1. The Morgan fingerprint density at radius 1 is 1.26 bits per heavy atom. The van der Waals surface area contributed by atoms with Crippen LogP contribution in [0.5, 0.6) is 0 Å². The number of hydrogen-bond acceptors (Lipinski definition) is 3. The first kappa shape index (κ1) is 20.3. The van der Waals surface area contributed by atoms with Gasteiger partial charge >= 0.3 is 0 Å². The fraction of sp³-hybridized carbons (Fsp3) is 0.115. The predicted molar refractivity (Wildman–Crippen MR) is 128 cm³/mol. The van der Waals surface area contributed by atoms with Crippen LogP contribution in [-0.4, -0.2) is 25.1 Å². The molecule has 0 bridgehead atoms. The third-order valence-corrected chi connectivity index (χ3v) is 5.26. The lowest BCUT2D eigenvalue weighted by Crippen LogP contribution is -2.23. The van der Waals surface area contributed by atoms with Crippen molar-refractivity contribution in [3.63, 3.8) is 0 Å². The number of H-pyrrole nitrogens is 2. The number of hydrogen-bond donors (Lipinski definition) is 2. The molecule has 0 aliphatic heterocycles. The molecule has 0 amide bonds. The van der Waals surface area contributed by atoms with E-state index in [9.17, 15) is 0 Å². The van der Waals surface area contributed by atoms with Crippen molar-refractivity contribution in [1.82, 2.24) is 25.1 Å². The van der Waals surface area contributed by atoms with Crippen molar-refractivity contribution in [3.8, 4) is 11.4 Å². The Bertz CT molecular complexity index is 1340. The van der Waals surface area contributed by atoms with Crippen LogP contribution in [-0.2, 0) is 0 Å². The molecule has 0 saturated heterocycles. The molecule has 0 fully saturated rings. The molecule has 3 aromatic heterocycles. The lowest BCUT2D eigenvalue weighted by molar-refractivity contribution is 1.06. The van der Waals surface area contributed by atoms with Gasteiger partial charge in [-0.25, -0.2) is 0 Å². The molecule has 3 aromatic rings. The molecule has 2 N–H and O–H groups in total. The van der Waals surface area contributed by atoms with Gasteiger partial charge in [0.1, 0.15) is 5.69 Å². The monoisotopic (exact) mass is 407 g/mol. The van der Waals surface area contributed by atoms with E-state index < -0.39 is 0 Å². The second-order valence-corrected chi connectivity index (χ2v) is 7.28. The molecule has 1 aliphatic rings. The smallest absolute Gasteiger partial charge is 0.116 e. The zero-order valence-corrected chi connectivity index (χ0v) is 17.8. The van der Waals surface area contributed by atoms with Crippen molar-refractivity contribution in [2.75, 3.05) is 0 Å². The average Bonchev–Trinajstić information content (AvgIpc) is 3.53. The largest absolute Gasteiger partial charge is 0.357 e. The Labute approximate surface area is 181 Å². The lowest BCUT2D eigenvalue weighted by Gasteiger charge is -2.06. The summed E-state index contributed by atoms with van der Waals surface area (Å²) in [7, 11) is 0. The summed E-state index contributed by atoms with van der Waals surface area (Å²) in [6.07, 6.45) is 20.4. The standard InChI is InChI=1S/C26H25N5/c1-5-9-20(19-10-7-8-11-19)21-15-24(29-18(21)4)26-22(23(6-2)30-31-26)14-17(3)25-16-27-12-13-28-25/h5-7,9-16,29-30H,1,3,8H2,2,4H3/b20-9-,22-14+,23-6+. The molecule has 0 aromatic carbocycles. The second-order valence-electron chi connectivity index (χ2n) is 7.28. The van der Waals surface area contributed by atoms with Gasteiger partial charge in [0.15, 0.2) is 0 Å². The highest BCUT2D eigenvalue weighted by Gasteiger charge is 2.16. The van der Waals surface area contributed by atoms with Crippen LogP contribution in [0.15, 0.2) is 73.8 Å². The van der Waals surface area contributed by atoms with Crippen LogP contribution in [0.3, 0.4) is 0 Å². The van der Waals surface area contributed by atoms with Crippen LogP contribution in [0.25, 0.3) is 34.7 Å². The molecule has 4 rings (SSSR count). The van der Waals surface area contributed by atoms with E-state index in [0.29, 0.717) is 0 Å². The van der Waals surface area contributed by atoms with Crippen LogP contribution in [0.2, 0.25) is 0 Å². The summed E-state index contributed by atoms with van der Waals surface area (Å²) in [5.74, 6) is 0. The third kappa shape index (κ3) is 4.03. The molecule has 0 unspecified atom stereocenters. The highest BCUT2D eigenvalue weighted by atomic mass is 15.1. The molecule has 1 aliphatic carbocycles. The molecular weight excluding hydrogens is 382 g/mol. The van der Waals surface area contributed by atoms with Gasteiger partial charge in [-0.2, -0.15) is 5.10 Å². The highest BCUT2D eigenvalue weighted by Crippen LogP contribution is 2.32. The van der Waals surface area contributed by atoms with Gasteiger partial charge in [0, 0.05) is 28.9 Å².